The van der Waals surface area contributed by atoms with Crippen LogP contribution in [0.25, 0.3) is 10.9 Å². The lowest BCUT2D eigenvalue weighted by molar-refractivity contribution is 0.0378. The molecule has 0 bridgehead atoms. The molecule has 0 unspecified atom stereocenters. The van der Waals surface area contributed by atoms with Gasteiger partial charge in [-0.3, -0.25) is 4.98 Å². The Kier molecular flexibility index (Phi) is 8.66. The topological polar surface area (TPSA) is 71.6 Å². The predicted octanol–water partition coefficient (Wildman–Crippen LogP) is 4.95. The Balaban J connectivity index is 1.33. The van der Waals surface area contributed by atoms with Crippen molar-refractivity contribution in [1.29, 1.82) is 0 Å². The molecular weight excluding hydrogens is 450 g/mol. The van der Waals surface area contributed by atoms with E-state index >= 15 is 0 Å². The smallest absolute Gasteiger partial charge is 0.119 e. The van der Waals surface area contributed by atoms with Gasteiger partial charge in [0.15, 0.2) is 0 Å². The Labute approximate surface area is 205 Å². The van der Waals surface area contributed by atoms with Crippen molar-refractivity contribution in [3.8, 4) is 5.75 Å². The minimum Gasteiger partial charge on any atom is -0.497 e. The van der Waals surface area contributed by atoms with Crippen molar-refractivity contribution in [2.24, 2.45) is 11.1 Å². The first-order valence-electron chi connectivity index (χ1n) is 11.8. The lowest BCUT2D eigenvalue weighted by Gasteiger charge is -2.41. The molecule has 0 spiro atoms. The quantitative estimate of drug-likeness (QED) is 0.374. The van der Waals surface area contributed by atoms with Gasteiger partial charge >= 0.3 is 0 Å². The van der Waals surface area contributed by atoms with Crippen LogP contribution >= 0.6 is 23.1 Å². The summed E-state index contributed by atoms with van der Waals surface area (Å²) < 4.78 is 6.84. The predicted molar refractivity (Wildman–Crippen MR) is 139 cm³/mol. The van der Waals surface area contributed by atoms with E-state index in [0.717, 1.165) is 79.7 Å². The van der Waals surface area contributed by atoms with Crippen molar-refractivity contribution in [2.75, 3.05) is 39.1 Å². The van der Waals surface area contributed by atoms with Gasteiger partial charge in [-0.2, -0.15) is 0 Å². The molecule has 2 aromatic heterocycles. The number of nitrogens with zero attached hydrogens (tertiary/aromatic N) is 2. The van der Waals surface area contributed by atoms with E-state index in [4.69, 9.17) is 10.5 Å². The zero-order valence-electron chi connectivity index (χ0n) is 19.5. The van der Waals surface area contributed by atoms with Crippen LogP contribution in [0, 0.1) is 5.41 Å². The number of likely N-dealkylation sites (tertiary alicyclic amines) is 1. The molecule has 1 fully saturated rings. The molecule has 5 nitrogen and oxygen atoms in total. The molecule has 1 aliphatic heterocycles. The lowest BCUT2D eigenvalue weighted by atomic mass is 9.75. The second kappa shape index (κ2) is 11.7. The number of methoxy groups -OCH3 is 1. The normalized spacial score (nSPS) is 16.3. The summed E-state index contributed by atoms with van der Waals surface area (Å²) in [6.45, 7) is 4.04. The molecule has 4 rings (SSSR count). The first-order valence-corrected chi connectivity index (χ1v) is 13.7. The summed E-state index contributed by atoms with van der Waals surface area (Å²) in [5.74, 6) is 1.98. The van der Waals surface area contributed by atoms with Crippen LogP contribution < -0.4 is 10.5 Å². The molecule has 0 aliphatic carbocycles. The number of ether oxygens (including phenoxy) is 1. The Morgan fingerprint density at radius 2 is 2.12 bits per heavy atom. The Morgan fingerprint density at radius 1 is 1.27 bits per heavy atom. The number of thioether (sulfide) groups is 1. The fourth-order valence-corrected chi connectivity index (χ4v) is 6.73. The molecule has 0 saturated carbocycles. The molecule has 1 aliphatic rings. The minimum atomic E-state index is 0.0425. The fraction of sp³-hybridized carbons (Fsp3) is 0.500. The van der Waals surface area contributed by atoms with Gasteiger partial charge in [-0.25, -0.2) is 0 Å². The van der Waals surface area contributed by atoms with Crippen LogP contribution in [0.2, 0.25) is 0 Å². The van der Waals surface area contributed by atoms with E-state index in [1.54, 1.807) is 7.11 Å². The maximum Gasteiger partial charge on any atom is 0.119 e. The number of hydrogen-bond acceptors (Lipinski definition) is 7. The number of fused-ring (bicyclic) bond motifs is 1. The molecule has 0 amide bonds. The third-order valence-corrected chi connectivity index (χ3v) is 9.14. The zero-order chi connectivity index (χ0) is 23.1. The fourth-order valence-electron chi connectivity index (χ4n) is 4.87. The molecule has 1 saturated heterocycles. The standard InChI is InChI=1S/C26H35N3O2S2/c1-31-21-6-7-24-23(16-21)22(20(17-27)18-28-24)4-2-8-26(19-30)9-11-29(12-10-26)13-15-33-25-5-3-14-32-25/h3,5-7,14,16,18,30H,2,4,8-13,15,17,19,27H2,1H3. The number of benzene rings is 1. The summed E-state index contributed by atoms with van der Waals surface area (Å²) >= 11 is 3.77. The van der Waals surface area contributed by atoms with Crippen molar-refractivity contribution >= 4 is 34.0 Å². The highest BCUT2D eigenvalue weighted by molar-refractivity contribution is 8.01. The van der Waals surface area contributed by atoms with Gasteiger partial charge in [-0.1, -0.05) is 6.07 Å². The number of pyridine rings is 1. The first-order chi connectivity index (χ1) is 16.2. The number of hydrogen-bond donors (Lipinski definition) is 2. The van der Waals surface area contributed by atoms with Gasteiger partial charge < -0.3 is 20.5 Å². The molecule has 33 heavy (non-hydrogen) atoms. The molecule has 178 valence electrons. The van der Waals surface area contributed by atoms with Crippen LogP contribution in [0.1, 0.15) is 36.8 Å². The zero-order valence-corrected chi connectivity index (χ0v) is 21.1. The minimum absolute atomic E-state index is 0.0425. The van der Waals surface area contributed by atoms with Gasteiger partial charge in [0, 0.05) is 37.0 Å². The maximum atomic E-state index is 10.3. The number of aryl methyl sites for hydroxylation is 1. The van der Waals surface area contributed by atoms with Gasteiger partial charge in [0.05, 0.1) is 16.8 Å². The van der Waals surface area contributed by atoms with Gasteiger partial charge in [0.2, 0.25) is 0 Å². The van der Waals surface area contributed by atoms with E-state index in [1.807, 2.05) is 41.4 Å². The van der Waals surface area contributed by atoms with E-state index in [2.05, 4.69) is 33.5 Å². The highest BCUT2D eigenvalue weighted by Crippen LogP contribution is 2.37. The average molecular weight is 486 g/mol. The SMILES string of the molecule is COc1ccc2ncc(CN)c(CCCC3(CO)CCN(CCSc4cccs4)CC3)c2c1. The van der Waals surface area contributed by atoms with Gasteiger partial charge in [0.25, 0.3) is 0 Å². The summed E-state index contributed by atoms with van der Waals surface area (Å²) in [7, 11) is 1.69. The molecule has 0 radical (unpaired) electrons. The number of piperidine rings is 1. The van der Waals surface area contributed by atoms with Crippen LogP contribution in [0.4, 0.5) is 0 Å². The third kappa shape index (κ3) is 6.08. The number of rotatable bonds is 11. The van der Waals surface area contributed by atoms with Crippen LogP contribution in [0.3, 0.4) is 0 Å². The van der Waals surface area contributed by atoms with Crippen molar-refractivity contribution in [3.05, 3.63) is 53.0 Å². The van der Waals surface area contributed by atoms with Crippen molar-refractivity contribution in [3.63, 3.8) is 0 Å². The molecule has 0 atom stereocenters. The van der Waals surface area contributed by atoms with Crippen molar-refractivity contribution in [1.82, 2.24) is 9.88 Å². The van der Waals surface area contributed by atoms with Gasteiger partial charge in [-0.05, 0) is 91.4 Å². The molecule has 3 aromatic rings. The second-order valence-corrected chi connectivity index (χ2v) is 11.3. The molecule has 1 aromatic carbocycles. The van der Waals surface area contributed by atoms with Gasteiger partial charge in [0.1, 0.15) is 5.75 Å². The summed E-state index contributed by atoms with van der Waals surface area (Å²) in [4.78, 5) is 7.14. The highest BCUT2D eigenvalue weighted by atomic mass is 32.2. The Bertz CT molecular complexity index is 1010. The van der Waals surface area contributed by atoms with Gasteiger partial charge in [-0.15, -0.1) is 23.1 Å². The lowest BCUT2D eigenvalue weighted by Crippen LogP contribution is -2.42. The molecular formula is C26H35N3O2S2. The summed E-state index contributed by atoms with van der Waals surface area (Å²) in [5, 5.41) is 13.6. The Morgan fingerprint density at radius 3 is 2.82 bits per heavy atom. The average Bonchev–Trinajstić information content (AvgIpc) is 3.38. The monoisotopic (exact) mass is 485 g/mol. The van der Waals surface area contributed by atoms with Crippen molar-refractivity contribution < 1.29 is 9.84 Å². The molecule has 3 heterocycles. The number of thiophene rings is 1. The maximum absolute atomic E-state index is 10.3. The second-order valence-electron chi connectivity index (χ2n) is 8.98. The first kappa shape index (κ1) is 24.5. The molecule has 7 heteroatoms. The number of aliphatic hydroxyl groups is 1. The Hall–Kier alpha value is -1.64. The summed E-state index contributed by atoms with van der Waals surface area (Å²) in [5.41, 5.74) is 9.45. The molecule has 3 N–H and O–H groups in total. The summed E-state index contributed by atoms with van der Waals surface area (Å²) in [6.07, 6.45) is 7.08. The van der Waals surface area contributed by atoms with Crippen LogP contribution in [-0.4, -0.2) is 54.1 Å². The highest BCUT2D eigenvalue weighted by Gasteiger charge is 2.33. The number of nitrogens with two attached hydrogens (primary N) is 1. The van der Waals surface area contributed by atoms with E-state index < -0.39 is 0 Å². The van der Waals surface area contributed by atoms with Crippen LogP contribution in [0.15, 0.2) is 46.1 Å². The number of aromatic nitrogens is 1. The third-order valence-electron chi connectivity index (χ3n) is 7.03. The van der Waals surface area contributed by atoms with E-state index in [0.29, 0.717) is 6.54 Å². The largest absolute Gasteiger partial charge is 0.497 e. The van der Waals surface area contributed by atoms with Crippen LogP contribution in [-0.2, 0) is 13.0 Å². The van der Waals surface area contributed by atoms with Crippen LogP contribution in [0.5, 0.6) is 5.75 Å². The van der Waals surface area contributed by atoms with E-state index in [-0.39, 0.29) is 12.0 Å². The van der Waals surface area contributed by atoms with E-state index in [9.17, 15) is 5.11 Å². The summed E-state index contributed by atoms with van der Waals surface area (Å²) in [6, 6.07) is 10.4. The van der Waals surface area contributed by atoms with Crippen molar-refractivity contribution in [2.45, 2.75) is 42.9 Å². The number of aliphatic hydroxyl groups excluding tert-OH is 1. The van der Waals surface area contributed by atoms with E-state index in [1.165, 1.54) is 9.77 Å².